The molecule has 156 valence electrons. The molecule has 3 aromatic carbocycles. The minimum absolute atomic E-state index is 0.0775. The van der Waals surface area contributed by atoms with Gasteiger partial charge in [0.25, 0.3) is 5.91 Å². The van der Waals surface area contributed by atoms with E-state index in [-0.39, 0.29) is 17.5 Å². The average molecular weight is 430 g/mol. The van der Waals surface area contributed by atoms with Gasteiger partial charge in [-0.25, -0.2) is 4.79 Å². The molecule has 0 N–H and O–H groups in total. The molecular formula is C26H25NO3P+. The van der Waals surface area contributed by atoms with E-state index in [2.05, 4.69) is 72.8 Å². The van der Waals surface area contributed by atoms with Gasteiger partial charge < -0.3 is 9.64 Å². The van der Waals surface area contributed by atoms with Gasteiger partial charge in [0, 0.05) is 19.4 Å². The lowest BCUT2D eigenvalue weighted by molar-refractivity contribution is -0.146. The number of esters is 1. The summed E-state index contributed by atoms with van der Waals surface area (Å²) in [4.78, 5) is 28.0. The zero-order chi connectivity index (χ0) is 21.3. The summed E-state index contributed by atoms with van der Waals surface area (Å²) in [5.74, 6) is -0.189. The topological polar surface area (TPSA) is 46.6 Å². The van der Waals surface area contributed by atoms with Crippen LogP contribution < -0.4 is 15.9 Å². The molecule has 2 aliphatic heterocycles. The van der Waals surface area contributed by atoms with E-state index in [0.29, 0.717) is 19.6 Å². The predicted molar refractivity (Wildman–Crippen MR) is 125 cm³/mol. The van der Waals surface area contributed by atoms with Crippen molar-refractivity contribution in [1.82, 2.24) is 4.90 Å². The fourth-order valence-corrected chi connectivity index (χ4v) is 9.98. The molecule has 0 radical (unpaired) electrons. The number of ether oxygens (including phenoxy) is 1. The van der Waals surface area contributed by atoms with Crippen molar-refractivity contribution in [2.75, 3.05) is 13.2 Å². The summed E-state index contributed by atoms with van der Waals surface area (Å²) in [7, 11) is -2.30. The molecule has 0 saturated carbocycles. The second kappa shape index (κ2) is 8.28. The molecule has 3 aromatic rings. The number of likely N-dealkylation sites (tertiary alicyclic amines) is 1. The Bertz CT molecular complexity index is 975. The van der Waals surface area contributed by atoms with Crippen molar-refractivity contribution >= 4 is 35.1 Å². The summed E-state index contributed by atoms with van der Waals surface area (Å²) >= 11 is 0. The number of hydrogen-bond donors (Lipinski definition) is 0. The first-order valence-electron chi connectivity index (χ1n) is 10.8. The lowest BCUT2D eigenvalue weighted by Crippen LogP contribution is -2.46. The molecule has 5 heteroatoms. The Morgan fingerprint density at radius 2 is 1.19 bits per heavy atom. The SMILES string of the molecule is O=C1OCCC1N1CCC([P+](c2ccccc2)(c2ccccc2)c2ccccc2)C1=O. The fourth-order valence-electron chi connectivity index (χ4n) is 5.10. The molecule has 2 aliphatic rings. The van der Waals surface area contributed by atoms with Crippen LogP contribution in [0.1, 0.15) is 12.8 Å². The fraction of sp³-hybridized carbons (Fsp3) is 0.231. The Morgan fingerprint density at radius 3 is 1.61 bits per heavy atom. The first kappa shape index (κ1) is 20.0. The van der Waals surface area contributed by atoms with Crippen LogP contribution in [-0.2, 0) is 14.3 Å². The van der Waals surface area contributed by atoms with Crippen LogP contribution in [0.15, 0.2) is 91.0 Å². The molecule has 2 atom stereocenters. The van der Waals surface area contributed by atoms with E-state index < -0.39 is 13.3 Å². The number of benzene rings is 3. The summed E-state index contributed by atoms with van der Waals surface area (Å²) in [6.07, 6.45) is 1.32. The van der Waals surface area contributed by atoms with Crippen LogP contribution in [0.5, 0.6) is 0 Å². The maximum atomic E-state index is 14.0. The lowest BCUT2D eigenvalue weighted by atomic mass is 10.2. The van der Waals surface area contributed by atoms with E-state index in [1.165, 1.54) is 15.9 Å². The number of nitrogens with zero attached hydrogens (tertiary/aromatic N) is 1. The molecule has 1 amide bonds. The molecule has 4 nitrogen and oxygen atoms in total. The molecule has 31 heavy (non-hydrogen) atoms. The predicted octanol–water partition coefficient (Wildman–Crippen LogP) is 2.90. The van der Waals surface area contributed by atoms with Crippen LogP contribution >= 0.6 is 7.26 Å². The second-order valence-electron chi connectivity index (χ2n) is 8.04. The summed E-state index contributed by atoms with van der Waals surface area (Å²) in [6, 6.07) is 30.9. The molecule has 0 aromatic heterocycles. The van der Waals surface area contributed by atoms with Gasteiger partial charge in [-0.3, -0.25) is 4.79 Å². The van der Waals surface area contributed by atoms with Gasteiger partial charge in [-0.2, -0.15) is 0 Å². The van der Waals surface area contributed by atoms with E-state index in [0.717, 1.165) is 6.42 Å². The first-order valence-corrected chi connectivity index (χ1v) is 12.6. The van der Waals surface area contributed by atoms with Crippen molar-refractivity contribution in [3.63, 3.8) is 0 Å². The highest BCUT2D eigenvalue weighted by atomic mass is 31.2. The van der Waals surface area contributed by atoms with Gasteiger partial charge in [-0.1, -0.05) is 54.6 Å². The number of hydrogen-bond acceptors (Lipinski definition) is 3. The van der Waals surface area contributed by atoms with Crippen molar-refractivity contribution < 1.29 is 14.3 Å². The van der Waals surface area contributed by atoms with E-state index in [4.69, 9.17) is 4.74 Å². The van der Waals surface area contributed by atoms with Gasteiger partial charge in [0.1, 0.15) is 29.2 Å². The summed E-state index contributed by atoms with van der Waals surface area (Å²) in [5, 5.41) is 3.59. The third kappa shape index (κ3) is 3.26. The Balaban J connectivity index is 1.71. The number of carbonyl (C=O) groups excluding carboxylic acids is 2. The Morgan fingerprint density at radius 1 is 0.710 bits per heavy atom. The standard InChI is InChI=1S/C26H25NO3P/c28-25-24(16-18-27(25)23-17-19-30-26(23)29)31(20-10-4-1-5-11-20,21-12-6-2-7-13-21)22-14-8-3-9-15-22/h1-15,23-24H,16-19H2/q+1. The molecule has 5 rings (SSSR count). The quantitative estimate of drug-likeness (QED) is 0.462. The van der Waals surface area contributed by atoms with Crippen LogP contribution in [0.25, 0.3) is 0 Å². The summed E-state index contributed by atoms with van der Waals surface area (Å²) in [6.45, 7) is 0.992. The Hall–Kier alpha value is -2.97. The minimum atomic E-state index is -2.30. The van der Waals surface area contributed by atoms with Crippen LogP contribution in [-0.4, -0.2) is 41.6 Å². The molecule has 2 unspecified atom stereocenters. The van der Waals surface area contributed by atoms with Gasteiger partial charge in [0.15, 0.2) is 5.66 Å². The number of carbonyl (C=O) groups is 2. The van der Waals surface area contributed by atoms with Gasteiger partial charge >= 0.3 is 5.97 Å². The van der Waals surface area contributed by atoms with E-state index in [1.54, 1.807) is 4.90 Å². The van der Waals surface area contributed by atoms with Crippen LogP contribution in [0.3, 0.4) is 0 Å². The average Bonchev–Trinajstić information content (AvgIpc) is 3.42. The highest BCUT2D eigenvalue weighted by Gasteiger charge is 2.60. The Labute approximate surface area is 183 Å². The highest BCUT2D eigenvalue weighted by Crippen LogP contribution is 2.62. The van der Waals surface area contributed by atoms with Gasteiger partial charge in [0.05, 0.1) is 6.61 Å². The molecular weight excluding hydrogens is 405 g/mol. The lowest BCUT2D eigenvalue weighted by Gasteiger charge is -2.32. The number of cyclic esters (lactones) is 1. The van der Waals surface area contributed by atoms with Gasteiger partial charge in [-0.15, -0.1) is 0 Å². The Kier molecular flexibility index (Phi) is 5.33. The van der Waals surface area contributed by atoms with Gasteiger partial charge in [-0.05, 0) is 36.4 Å². The van der Waals surface area contributed by atoms with E-state index in [1.807, 2.05) is 18.2 Å². The van der Waals surface area contributed by atoms with Crippen LogP contribution in [0, 0.1) is 0 Å². The van der Waals surface area contributed by atoms with Crippen molar-refractivity contribution in [3.05, 3.63) is 91.0 Å². The van der Waals surface area contributed by atoms with Crippen LogP contribution in [0.2, 0.25) is 0 Å². The third-order valence-corrected chi connectivity index (χ3v) is 11.2. The van der Waals surface area contributed by atoms with Crippen molar-refractivity contribution in [2.24, 2.45) is 0 Å². The smallest absolute Gasteiger partial charge is 0.328 e. The van der Waals surface area contributed by atoms with Crippen molar-refractivity contribution in [2.45, 2.75) is 24.5 Å². The normalized spacial score (nSPS) is 21.4. The zero-order valence-electron chi connectivity index (χ0n) is 17.3. The first-order chi connectivity index (χ1) is 15.2. The summed E-state index contributed by atoms with van der Waals surface area (Å²) in [5.41, 5.74) is -0.201. The maximum absolute atomic E-state index is 14.0. The molecule has 0 aliphatic carbocycles. The highest BCUT2D eigenvalue weighted by molar-refractivity contribution is 7.96. The molecule has 0 bridgehead atoms. The number of rotatable bonds is 5. The second-order valence-corrected chi connectivity index (χ2v) is 11.7. The monoisotopic (exact) mass is 430 g/mol. The molecule has 2 saturated heterocycles. The van der Waals surface area contributed by atoms with Gasteiger partial charge in [0.2, 0.25) is 0 Å². The number of amides is 1. The van der Waals surface area contributed by atoms with Crippen molar-refractivity contribution in [1.29, 1.82) is 0 Å². The molecule has 2 fully saturated rings. The largest absolute Gasteiger partial charge is 0.464 e. The molecule has 0 spiro atoms. The third-order valence-electron chi connectivity index (χ3n) is 6.45. The van der Waals surface area contributed by atoms with E-state index >= 15 is 0 Å². The zero-order valence-corrected chi connectivity index (χ0v) is 18.2. The van der Waals surface area contributed by atoms with Crippen molar-refractivity contribution in [3.8, 4) is 0 Å². The molecule has 2 heterocycles. The van der Waals surface area contributed by atoms with Crippen LogP contribution in [0.4, 0.5) is 0 Å². The minimum Gasteiger partial charge on any atom is -0.464 e. The maximum Gasteiger partial charge on any atom is 0.328 e. The summed E-state index contributed by atoms with van der Waals surface area (Å²) < 4.78 is 5.18. The van der Waals surface area contributed by atoms with E-state index in [9.17, 15) is 9.59 Å².